The van der Waals surface area contributed by atoms with E-state index in [-0.39, 0.29) is 0 Å². The fraction of sp³-hybridized carbons (Fsp3) is 0.846. The fourth-order valence-electron chi connectivity index (χ4n) is 2.03. The molecule has 0 bridgehead atoms. The van der Waals surface area contributed by atoms with Crippen LogP contribution in [0.1, 0.15) is 59.3 Å². The average molecular weight is 182 g/mol. The lowest BCUT2D eigenvalue weighted by Gasteiger charge is -2.19. The van der Waals surface area contributed by atoms with Gasteiger partial charge in [-0.05, 0) is 24.7 Å². The van der Waals surface area contributed by atoms with Crippen molar-refractivity contribution in [2.75, 3.05) is 0 Å². The lowest BCUT2D eigenvalue weighted by Crippen LogP contribution is -2.06. The van der Waals surface area contributed by atoms with E-state index in [1.54, 1.807) is 0 Å². The van der Waals surface area contributed by atoms with Crippen molar-refractivity contribution in [1.29, 1.82) is 0 Å². The summed E-state index contributed by atoms with van der Waals surface area (Å²) in [7, 11) is 0. The molecule has 0 amide bonds. The Morgan fingerprint density at radius 2 is 1.69 bits per heavy atom. The van der Waals surface area contributed by atoms with Crippen LogP contribution in [0.25, 0.3) is 0 Å². The van der Waals surface area contributed by atoms with E-state index in [9.17, 15) is 0 Å². The van der Waals surface area contributed by atoms with Crippen molar-refractivity contribution in [1.82, 2.24) is 0 Å². The van der Waals surface area contributed by atoms with Gasteiger partial charge in [-0.1, -0.05) is 52.5 Å². The molecule has 0 fully saturated rings. The summed E-state index contributed by atoms with van der Waals surface area (Å²) in [6, 6.07) is 0. The maximum Gasteiger partial charge on any atom is -0.0234 e. The van der Waals surface area contributed by atoms with Crippen molar-refractivity contribution in [3.63, 3.8) is 0 Å². The molecule has 0 N–H and O–H groups in total. The minimum atomic E-state index is 0.765. The van der Waals surface area contributed by atoms with Crippen LogP contribution < -0.4 is 0 Å². The van der Waals surface area contributed by atoms with Crippen LogP contribution in [-0.4, -0.2) is 0 Å². The van der Waals surface area contributed by atoms with Crippen LogP contribution in [0.3, 0.4) is 0 Å². The standard InChI is InChI=1S/C13H26/c1-5-9-12(7-3)11-13(8-4)10-6-2/h7,12-13H,3,5-6,8-11H2,1-2,4H3. The minimum Gasteiger partial charge on any atom is -0.103 e. The van der Waals surface area contributed by atoms with Gasteiger partial charge >= 0.3 is 0 Å². The Balaban J connectivity index is 3.79. The van der Waals surface area contributed by atoms with Gasteiger partial charge in [-0.2, -0.15) is 0 Å². The van der Waals surface area contributed by atoms with E-state index in [1.807, 2.05) is 0 Å². The Hall–Kier alpha value is -0.260. The average Bonchev–Trinajstić information content (AvgIpc) is 2.16. The molecular weight excluding hydrogens is 156 g/mol. The molecule has 0 aliphatic carbocycles. The summed E-state index contributed by atoms with van der Waals surface area (Å²) in [5.74, 6) is 1.70. The Bertz CT molecular complexity index is 115. The molecule has 0 aromatic heterocycles. The molecule has 13 heavy (non-hydrogen) atoms. The van der Waals surface area contributed by atoms with Gasteiger partial charge in [-0.3, -0.25) is 0 Å². The number of allylic oxidation sites excluding steroid dienone is 1. The summed E-state index contributed by atoms with van der Waals surface area (Å²) in [5.41, 5.74) is 0. The zero-order valence-electron chi connectivity index (χ0n) is 9.68. The first kappa shape index (κ1) is 12.7. The van der Waals surface area contributed by atoms with E-state index in [2.05, 4.69) is 33.4 Å². The second-order valence-electron chi connectivity index (χ2n) is 4.08. The van der Waals surface area contributed by atoms with Gasteiger partial charge in [0.2, 0.25) is 0 Å². The monoisotopic (exact) mass is 182 g/mol. The molecule has 0 nitrogen and oxygen atoms in total. The van der Waals surface area contributed by atoms with Crippen LogP contribution in [0.15, 0.2) is 12.7 Å². The van der Waals surface area contributed by atoms with Gasteiger partial charge in [-0.25, -0.2) is 0 Å². The number of rotatable bonds is 8. The van der Waals surface area contributed by atoms with Crippen molar-refractivity contribution < 1.29 is 0 Å². The summed E-state index contributed by atoms with van der Waals surface area (Å²) in [6.07, 6.45) is 10.2. The lowest BCUT2D eigenvalue weighted by molar-refractivity contribution is 0.365. The normalized spacial score (nSPS) is 15.3. The largest absolute Gasteiger partial charge is 0.103 e. The first-order valence-corrected chi connectivity index (χ1v) is 5.90. The van der Waals surface area contributed by atoms with Crippen LogP contribution >= 0.6 is 0 Å². The summed E-state index contributed by atoms with van der Waals surface area (Å²) in [4.78, 5) is 0. The highest BCUT2D eigenvalue weighted by Crippen LogP contribution is 2.24. The zero-order chi connectivity index (χ0) is 10.1. The highest BCUT2D eigenvalue weighted by Gasteiger charge is 2.10. The predicted octanol–water partition coefficient (Wildman–Crippen LogP) is 4.81. The second-order valence-corrected chi connectivity index (χ2v) is 4.08. The van der Waals surface area contributed by atoms with Crippen LogP contribution in [-0.2, 0) is 0 Å². The molecule has 0 heteroatoms. The highest BCUT2D eigenvalue weighted by atomic mass is 14.2. The molecule has 0 aliphatic heterocycles. The Morgan fingerprint density at radius 1 is 1.08 bits per heavy atom. The summed E-state index contributed by atoms with van der Waals surface area (Å²) in [6.45, 7) is 10.8. The first-order valence-electron chi connectivity index (χ1n) is 5.90. The van der Waals surface area contributed by atoms with Crippen molar-refractivity contribution in [3.05, 3.63) is 12.7 Å². The van der Waals surface area contributed by atoms with Crippen LogP contribution in [0.4, 0.5) is 0 Å². The maximum absolute atomic E-state index is 3.93. The molecule has 0 saturated heterocycles. The predicted molar refractivity (Wildman–Crippen MR) is 61.9 cm³/mol. The van der Waals surface area contributed by atoms with Crippen molar-refractivity contribution in [3.8, 4) is 0 Å². The topological polar surface area (TPSA) is 0 Å². The van der Waals surface area contributed by atoms with E-state index in [1.165, 1.54) is 38.5 Å². The quantitative estimate of drug-likeness (QED) is 0.473. The third kappa shape index (κ3) is 5.90. The van der Waals surface area contributed by atoms with Gasteiger partial charge in [0.25, 0.3) is 0 Å². The Morgan fingerprint density at radius 3 is 2.08 bits per heavy atom. The molecule has 0 aromatic rings. The minimum absolute atomic E-state index is 0.765. The van der Waals surface area contributed by atoms with Crippen LogP contribution in [0.2, 0.25) is 0 Å². The molecule has 0 spiro atoms. The molecule has 0 heterocycles. The van der Waals surface area contributed by atoms with Crippen LogP contribution in [0.5, 0.6) is 0 Å². The van der Waals surface area contributed by atoms with E-state index in [4.69, 9.17) is 0 Å². The molecule has 0 aliphatic rings. The summed E-state index contributed by atoms with van der Waals surface area (Å²) >= 11 is 0. The Kier molecular flexibility index (Phi) is 8.18. The van der Waals surface area contributed by atoms with Gasteiger partial charge in [-0.15, -0.1) is 6.58 Å². The molecule has 78 valence electrons. The van der Waals surface area contributed by atoms with Gasteiger partial charge in [0.15, 0.2) is 0 Å². The van der Waals surface area contributed by atoms with E-state index in [0.717, 1.165) is 11.8 Å². The van der Waals surface area contributed by atoms with Crippen molar-refractivity contribution in [2.24, 2.45) is 11.8 Å². The highest BCUT2D eigenvalue weighted by molar-refractivity contribution is 4.80. The van der Waals surface area contributed by atoms with Gasteiger partial charge in [0.1, 0.15) is 0 Å². The van der Waals surface area contributed by atoms with Crippen LogP contribution in [0, 0.1) is 11.8 Å². The number of hydrogen-bond acceptors (Lipinski definition) is 0. The van der Waals surface area contributed by atoms with Gasteiger partial charge in [0.05, 0.1) is 0 Å². The van der Waals surface area contributed by atoms with Crippen molar-refractivity contribution in [2.45, 2.75) is 59.3 Å². The molecular formula is C13H26. The number of hydrogen-bond donors (Lipinski definition) is 0. The van der Waals surface area contributed by atoms with E-state index < -0.39 is 0 Å². The first-order chi connectivity index (χ1) is 6.28. The second kappa shape index (κ2) is 8.34. The maximum atomic E-state index is 3.93. The molecule has 0 radical (unpaired) electrons. The molecule has 2 unspecified atom stereocenters. The van der Waals surface area contributed by atoms with Gasteiger partial charge < -0.3 is 0 Å². The van der Waals surface area contributed by atoms with Crippen molar-refractivity contribution >= 4 is 0 Å². The van der Waals surface area contributed by atoms with E-state index >= 15 is 0 Å². The molecule has 0 saturated carbocycles. The van der Waals surface area contributed by atoms with E-state index in [0.29, 0.717) is 0 Å². The SMILES string of the molecule is C=CC(CCC)CC(CC)CCC. The lowest BCUT2D eigenvalue weighted by atomic mass is 9.87. The van der Waals surface area contributed by atoms with Gasteiger partial charge in [0, 0.05) is 0 Å². The Labute approximate surface area is 84.4 Å². The third-order valence-electron chi connectivity index (χ3n) is 2.90. The molecule has 0 rings (SSSR count). The zero-order valence-corrected chi connectivity index (χ0v) is 9.68. The fourth-order valence-corrected chi connectivity index (χ4v) is 2.03. The molecule has 0 aromatic carbocycles. The summed E-state index contributed by atoms with van der Waals surface area (Å²) in [5, 5.41) is 0. The molecule has 2 atom stereocenters. The smallest absolute Gasteiger partial charge is 0.0234 e. The summed E-state index contributed by atoms with van der Waals surface area (Å²) < 4.78 is 0. The third-order valence-corrected chi connectivity index (χ3v) is 2.90.